The molecule has 0 spiro atoms. The largest absolute Gasteiger partial charge is 0.523 e. The van der Waals surface area contributed by atoms with Gasteiger partial charge < -0.3 is 18.9 Å². The molecule has 0 saturated carbocycles. The minimum atomic E-state index is -6.32. The van der Waals surface area contributed by atoms with Crippen molar-refractivity contribution in [3.63, 3.8) is 0 Å². The Morgan fingerprint density at radius 1 is 0.837 bits per heavy atom. The molecule has 15 nitrogen and oxygen atoms in total. The quantitative estimate of drug-likeness (QED) is 0.0863. The third-order valence-corrected chi connectivity index (χ3v) is 6.70. The lowest BCUT2D eigenvalue weighted by Crippen LogP contribution is -2.36. The highest BCUT2D eigenvalue weighted by molar-refractivity contribution is 7.87. The van der Waals surface area contributed by atoms with Gasteiger partial charge in [0.05, 0.1) is 34.2 Å². The van der Waals surface area contributed by atoms with E-state index in [2.05, 4.69) is 4.18 Å². The molecular formula is C22H19Cl2F3N2O13S. The van der Waals surface area contributed by atoms with Crippen LogP contribution >= 0.6 is 23.2 Å². The van der Waals surface area contributed by atoms with Crippen LogP contribution in [0.1, 0.15) is 34.6 Å². The smallest absolute Gasteiger partial charge is 0.489 e. The molecule has 0 saturated heterocycles. The number of esters is 2. The maximum absolute atomic E-state index is 13.1. The third kappa shape index (κ3) is 9.02. The topological polar surface area (TPSA) is 201 Å². The molecule has 0 heterocycles. The number of hydrogen-bond acceptors (Lipinski definition) is 13. The number of nitrogens with zero attached hydrogens (tertiary/aromatic N) is 2. The van der Waals surface area contributed by atoms with Gasteiger partial charge in [0.15, 0.2) is 10.0 Å². The zero-order valence-corrected chi connectivity index (χ0v) is 24.0. The zero-order valence-electron chi connectivity index (χ0n) is 21.7. The first-order valence-corrected chi connectivity index (χ1v) is 13.6. The van der Waals surface area contributed by atoms with Crippen LogP contribution in [-0.4, -0.2) is 68.2 Å². The molecule has 0 bridgehead atoms. The van der Waals surface area contributed by atoms with E-state index in [9.17, 15) is 51.4 Å². The van der Waals surface area contributed by atoms with E-state index < -0.39 is 101 Å². The maximum Gasteiger partial charge on any atom is 0.523 e. The summed E-state index contributed by atoms with van der Waals surface area (Å²) in [7, 11) is -6.32. The zero-order chi connectivity index (χ0) is 32.7. The Balaban J connectivity index is 2.49. The van der Waals surface area contributed by atoms with Gasteiger partial charge in [0, 0.05) is 12.1 Å². The second kappa shape index (κ2) is 14.5. The average molecular weight is 679 g/mol. The molecule has 0 aliphatic carbocycles. The maximum atomic E-state index is 13.1. The highest BCUT2D eigenvalue weighted by Crippen LogP contribution is 2.37. The standard InChI is InChI=1S/C22H19Cl2F3N2O13S/c1-3-38-20(30)11-5-14(28(32)33)18(23)16(7-11)40-9-13(42-43(36,37)22(25,26)27)10-41-17-8-12(21(31)39-4-2)6-15(19(17)24)29(34)35/h5-8,13H,3-4,9-10H2,1-2H3. The summed E-state index contributed by atoms with van der Waals surface area (Å²) >= 11 is 11.9. The number of benzene rings is 2. The second-order valence-corrected chi connectivity index (χ2v) is 10.1. The lowest BCUT2D eigenvalue weighted by molar-refractivity contribution is -0.384. The summed E-state index contributed by atoms with van der Waals surface area (Å²) in [6.45, 7) is 0.265. The lowest BCUT2D eigenvalue weighted by Gasteiger charge is -2.20. The number of rotatable bonds is 14. The van der Waals surface area contributed by atoms with Gasteiger partial charge >= 0.3 is 27.6 Å². The number of ether oxygens (including phenoxy) is 4. The van der Waals surface area contributed by atoms with Crippen LogP contribution in [0.15, 0.2) is 24.3 Å². The molecular weight excluding hydrogens is 660 g/mol. The van der Waals surface area contributed by atoms with Crippen molar-refractivity contribution >= 4 is 56.6 Å². The molecule has 0 fully saturated rings. The molecule has 0 atom stereocenters. The minimum Gasteiger partial charge on any atom is -0.489 e. The number of carbonyl (C=O) groups excluding carboxylic acids is 2. The molecule has 43 heavy (non-hydrogen) atoms. The van der Waals surface area contributed by atoms with Crippen molar-refractivity contribution in [2.45, 2.75) is 25.5 Å². The SMILES string of the molecule is CCOC(=O)c1cc(OCC(COc2cc(C(=O)OCC)cc([N+](=O)[O-])c2Cl)OS(=O)(=O)C(F)(F)F)c(Cl)c([N+](=O)[O-])c1. The second-order valence-electron chi connectivity index (χ2n) is 7.81. The summed E-state index contributed by atoms with van der Waals surface area (Å²) in [6, 6.07) is 3.16. The predicted octanol–water partition coefficient (Wildman–Crippen LogP) is 4.86. The first-order chi connectivity index (χ1) is 19.9. The molecule has 2 aromatic rings. The van der Waals surface area contributed by atoms with Gasteiger partial charge in [0.25, 0.3) is 11.4 Å². The molecule has 0 aromatic heterocycles. The fourth-order valence-corrected chi connectivity index (χ4v) is 4.05. The van der Waals surface area contributed by atoms with Crippen LogP contribution < -0.4 is 9.47 Å². The van der Waals surface area contributed by atoms with E-state index in [0.717, 1.165) is 24.3 Å². The molecule has 0 aliphatic heterocycles. The van der Waals surface area contributed by atoms with E-state index in [-0.39, 0.29) is 13.2 Å². The summed E-state index contributed by atoms with van der Waals surface area (Å²) < 4.78 is 86.7. The monoisotopic (exact) mass is 678 g/mol. The van der Waals surface area contributed by atoms with Crippen molar-refractivity contribution in [3.8, 4) is 11.5 Å². The fraction of sp³-hybridized carbons (Fsp3) is 0.364. The molecule has 0 N–H and O–H groups in total. The first kappa shape index (κ1) is 35.3. The molecule has 0 radical (unpaired) electrons. The average Bonchev–Trinajstić information content (AvgIpc) is 2.90. The Bertz CT molecular complexity index is 1430. The minimum absolute atomic E-state index is 0.133. The highest BCUT2D eigenvalue weighted by Gasteiger charge is 2.49. The summed E-state index contributed by atoms with van der Waals surface area (Å²) in [6.07, 6.45) is -2.23. The lowest BCUT2D eigenvalue weighted by atomic mass is 10.2. The van der Waals surface area contributed by atoms with Crippen molar-refractivity contribution in [2.75, 3.05) is 26.4 Å². The Labute approximate surface area is 249 Å². The highest BCUT2D eigenvalue weighted by atomic mass is 35.5. The van der Waals surface area contributed by atoms with Crippen molar-refractivity contribution in [1.82, 2.24) is 0 Å². The van der Waals surface area contributed by atoms with Gasteiger partial charge in [-0.3, -0.25) is 24.4 Å². The summed E-state index contributed by atoms with van der Waals surface area (Å²) in [5, 5.41) is 21.3. The van der Waals surface area contributed by atoms with Crippen LogP contribution in [0.25, 0.3) is 0 Å². The Morgan fingerprint density at radius 2 is 1.21 bits per heavy atom. The van der Waals surface area contributed by atoms with Crippen molar-refractivity contribution in [1.29, 1.82) is 0 Å². The number of nitro groups is 2. The van der Waals surface area contributed by atoms with Crippen LogP contribution in [0.5, 0.6) is 11.5 Å². The Kier molecular flexibility index (Phi) is 11.9. The van der Waals surface area contributed by atoms with Crippen LogP contribution in [-0.2, 0) is 23.8 Å². The number of halogens is 5. The van der Waals surface area contributed by atoms with Gasteiger partial charge in [-0.05, 0) is 26.0 Å². The summed E-state index contributed by atoms with van der Waals surface area (Å²) in [5.41, 5.74) is -8.55. The van der Waals surface area contributed by atoms with Gasteiger partial charge in [-0.2, -0.15) is 21.6 Å². The van der Waals surface area contributed by atoms with Gasteiger partial charge in [-0.1, -0.05) is 23.2 Å². The van der Waals surface area contributed by atoms with E-state index in [4.69, 9.17) is 42.1 Å². The van der Waals surface area contributed by atoms with E-state index in [0.29, 0.717) is 0 Å². The van der Waals surface area contributed by atoms with Gasteiger partial charge in [0.2, 0.25) is 0 Å². The van der Waals surface area contributed by atoms with E-state index in [1.165, 1.54) is 13.8 Å². The first-order valence-electron chi connectivity index (χ1n) is 11.5. The van der Waals surface area contributed by atoms with Gasteiger partial charge in [-0.25, -0.2) is 9.59 Å². The van der Waals surface area contributed by atoms with Crippen molar-refractivity contribution in [2.24, 2.45) is 0 Å². The van der Waals surface area contributed by atoms with E-state index in [1.54, 1.807) is 0 Å². The third-order valence-electron chi connectivity index (χ3n) is 4.85. The number of carbonyl (C=O) groups is 2. The summed E-state index contributed by atoms with van der Waals surface area (Å²) in [5.74, 6) is -3.42. The van der Waals surface area contributed by atoms with Gasteiger partial charge in [-0.15, -0.1) is 0 Å². The molecule has 0 aliphatic rings. The van der Waals surface area contributed by atoms with E-state index in [1.807, 2.05) is 0 Å². The predicted molar refractivity (Wildman–Crippen MR) is 139 cm³/mol. The fourth-order valence-electron chi connectivity index (χ4n) is 3.01. The normalized spacial score (nSPS) is 11.6. The molecule has 236 valence electrons. The molecule has 2 rings (SSSR count). The number of hydrogen-bond donors (Lipinski definition) is 0. The summed E-state index contributed by atoms with van der Waals surface area (Å²) in [4.78, 5) is 45.0. The number of nitro benzene ring substituents is 2. The Hall–Kier alpha value is -3.94. The molecule has 0 unspecified atom stereocenters. The van der Waals surface area contributed by atoms with E-state index >= 15 is 0 Å². The Morgan fingerprint density at radius 3 is 1.51 bits per heavy atom. The van der Waals surface area contributed by atoms with Crippen molar-refractivity contribution in [3.05, 3.63) is 65.7 Å². The van der Waals surface area contributed by atoms with Crippen molar-refractivity contribution < 1.29 is 64.2 Å². The number of alkyl halides is 3. The molecule has 21 heteroatoms. The van der Waals surface area contributed by atoms with Crippen LogP contribution in [0, 0.1) is 20.2 Å². The van der Waals surface area contributed by atoms with Crippen LogP contribution in [0.2, 0.25) is 10.0 Å². The molecule has 0 amide bonds. The van der Waals surface area contributed by atoms with Crippen LogP contribution in [0.4, 0.5) is 24.5 Å². The van der Waals surface area contributed by atoms with Crippen LogP contribution in [0.3, 0.4) is 0 Å². The van der Waals surface area contributed by atoms with Gasteiger partial charge in [0.1, 0.15) is 30.8 Å². The molecule has 2 aromatic carbocycles.